The van der Waals surface area contributed by atoms with Gasteiger partial charge in [-0.1, -0.05) is 0 Å². The summed E-state index contributed by atoms with van der Waals surface area (Å²) in [4.78, 5) is 8.38. The van der Waals surface area contributed by atoms with Gasteiger partial charge in [-0.3, -0.25) is 4.99 Å². The highest BCUT2D eigenvalue weighted by Gasteiger charge is 2.62. The zero-order chi connectivity index (χ0) is 23.5. The topological polar surface area (TPSA) is 104 Å². The molecule has 4 rings (SSSR count). The molecule has 7 nitrogen and oxygen atoms in total. The van der Waals surface area contributed by atoms with Gasteiger partial charge in [0, 0.05) is 11.8 Å². The third kappa shape index (κ3) is 3.36. The van der Waals surface area contributed by atoms with Crippen molar-refractivity contribution < 1.29 is 26.7 Å². The number of hydrogen-bond acceptors (Lipinski definition) is 7. The van der Waals surface area contributed by atoms with E-state index in [4.69, 9.17) is 15.2 Å². The highest BCUT2D eigenvalue weighted by Crippen LogP contribution is 2.50. The fraction of sp³-hybridized carbons (Fsp3) is 0.455. The molecule has 1 saturated heterocycles. The summed E-state index contributed by atoms with van der Waals surface area (Å²) in [5.41, 5.74) is 3.70. The Morgan fingerprint density at radius 3 is 2.56 bits per heavy atom. The Morgan fingerprint density at radius 2 is 1.88 bits per heavy atom. The smallest absolute Gasteiger partial charge is 0.255 e. The van der Waals surface area contributed by atoms with Crippen molar-refractivity contribution in [2.45, 2.75) is 55.3 Å². The molecule has 0 amide bonds. The van der Waals surface area contributed by atoms with Crippen LogP contribution in [0.25, 0.3) is 0 Å². The first-order chi connectivity index (χ1) is 14.8. The molecule has 2 aromatic rings. The fourth-order valence-electron chi connectivity index (χ4n) is 4.16. The van der Waals surface area contributed by atoms with Crippen molar-refractivity contribution in [1.82, 2.24) is 4.98 Å². The molecule has 2 aliphatic heterocycles. The molecular weight excluding hydrogens is 440 g/mol. The van der Waals surface area contributed by atoms with E-state index >= 15 is 4.39 Å². The third-order valence-corrected chi connectivity index (χ3v) is 9.20. The number of sulfone groups is 1. The standard InChI is InChI=1S/C22H25F2N3O4S/c1-20(2)11-17-22(12-30-20,27-19(25)21(3,4)32(17,28)29)14-10-13(7-8-15(14)23)31-18-16(24)6-5-9-26-18/h5-10,17H,11-12H2,1-4H3,(H2,25,27)/t17-,22-/m1/s1. The summed E-state index contributed by atoms with van der Waals surface area (Å²) in [5, 5.41) is -1.09. The molecule has 3 heterocycles. The number of aliphatic imine (C=N–C) groups is 1. The molecule has 2 atom stereocenters. The maximum atomic E-state index is 15.2. The number of ether oxygens (including phenoxy) is 2. The van der Waals surface area contributed by atoms with E-state index < -0.39 is 42.6 Å². The van der Waals surface area contributed by atoms with Crippen LogP contribution >= 0.6 is 0 Å². The molecule has 0 aliphatic carbocycles. The van der Waals surface area contributed by atoms with Crippen LogP contribution in [-0.2, 0) is 20.1 Å². The van der Waals surface area contributed by atoms with Crippen molar-refractivity contribution in [3.05, 3.63) is 53.7 Å². The predicted molar refractivity (Wildman–Crippen MR) is 115 cm³/mol. The van der Waals surface area contributed by atoms with Crippen LogP contribution in [0.3, 0.4) is 0 Å². The van der Waals surface area contributed by atoms with Crippen LogP contribution in [0.15, 0.2) is 41.5 Å². The highest BCUT2D eigenvalue weighted by atomic mass is 32.2. The van der Waals surface area contributed by atoms with Gasteiger partial charge in [-0.25, -0.2) is 22.2 Å². The van der Waals surface area contributed by atoms with Gasteiger partial charge in [0.2, 0.25) is 0 Å². The largest absolute Gasteiger partial charge is 0.436 e. The van der Waals surface area contributed by atoms with Crippen LogP contribution in [0.5, 0.6) is 11.6 Å². The average Bonchev–Trinajstić information content (AvgIpc) is 2.71. The van der Waals surface area contributed by atoms with Gasteiger partial charge < -0.3 is 15.2 Å². The van der Waals surface area contributed by atoms with Crippen LogP contribution in [0.2, 0.25) is 0 Å². The summed E-state index contributed by atoms with van der Waals surface area (Å²) in [7, 11) is -3.90. The van der Waals surface area contributed by atoms with Crippen LogP contribution in [0.1, 0.15) is 39.7 Å². The van der Waals surface area contributed by atoms with Gasteiger partial charge in [-0.05, 0) is 64.4 Å². The Labute approximate surface area is 185 Å². The first-order valence-electron chi connectivity index (χ1n) is 10.1. The molecular formula is C22H25F2N3O4S. The lowest BCUT2D eigenvalue weighted by atomic mass is 9.79. The molecule has 1 fully saturated rings. The lowest BCUT2D eigenvalue weighted by Gasteiger charge is -2.51. The summed E-state index contributed by atoms with van der Waals surface area (Å²) in [5.74, 6) is -1.73. The molecule has 172 valence electrons. The molecule has 1 aromatic heterocycles. The van der Waals surface area contributed by atoms with Crippen molar-refractivity contribution in [3.63, 3.8) is 0 Å². The first-order valence-corrected chi connectivity index (χ1v) is 11.7. The number of rotatable bonds is 3. The van der Waals surface area contributed by atoms with E-state index in [1.807, 2.05) is 0 Å². The molecule has 0 radical (unpaired) electrons. The summed E-state index contributed by atoms with van der Waals surface area (Å²) < 4.78 is 66.5. The summed E-state index contributed by atoms with van der Waals surface area (Å²) in [6.45, 7) is 6.35. The minimum atomic E-state index is -3.90. The van der Waals surface area contributed by atoms with E-state index in [0.717, 1.165) is 6.07 Å². The zero-order valence-electron chi connectivity index (χ0n) is 18.2. The van der Waals surface area contributed by atoms with Crippen molar-refractivity contribution in [3.8, 4) is 11.6 Å². The van der Waals surface area contributed by atoms with Crippen LogP contribution in [-0.4, -0.2) is 41.4 Å². The van der Waals surface area contributed by atoms with Gasteiger partial charge in [-0.2, -0.15) is 0 Å². The van der Waals surface area contributed by atoms with Crippen molar-refractivity contribution >= 4 is 15.7 Å². The van der Waals surface area contributed by atoms with E-state index in [2.05, 4.69) is 9.98 Å². The predicted octanol–water partition coefficient (Wildman–Crippen LogP) is 3.48. The molecule has 1 aromatic carbocycles. The second-order valence-electron chi connectivity index (χ2n) is 9.25. The fourth-order valence-corrected chi connectivity index (χ4v) is 6.59. The number of halogens is 2. The molecule has 2 aliphatic rings. The maximum absolute atomic E-state index is 15.2. The van der Waals surface area contributed by atoms with Gasteiger partial charge in [-0.15, -0.1) is 0 Å². The van der Waals surface area contributed by atoms with Crippen LogP contribution in [0, 0.1) is 11.6 Å². The summed E-state index contributed by atoms with van der Waals surface area (Å²) >= 11 is 0. The average molecular weight is 466 g/mol. The number of hydrogen-bond donors (Lipinski definition) is 1. The van der Waals surface area contributed by atoms with Crippen molar-refractivity contribution in [2.24, 2.45) is 10.7 Å². The summed E-state index contributed by atoms with van der Waals surface area (Å²) in [6.07, 6.45) is 1.45. The second-order valence-corrected chi connectivity index (χ2v) is 11.9. The van der Waals surface area contributed by atoms with E-state index in [1.165, 1.54) is 44.3 Å². The Bertz CT molecular complexity index is 1210. The SMILES string of the molecule is CC1(C)C[C@@H]2[C@](c3cc(Oc4ncccc4F)ccc3F)(CO1)N=C(N)C(C)(C)S2(=O)=O. The van der Waals surface area contributed by atoms with Crippen LogP contribution < -0.4 is 10.5 Å². The first kappa shape index (κ1) is 22.6. The second kappa shape index (κ2) is 7.21. The van der Waals surface area contributed by atoms with E-state index in [9.17, 15) is 12.8 Å². The monoisotopic (exact) mass is 465 g/mol. The minimum Gasteiger partial charge on any atom is -0.436 e. The Balaban J connectivity index is 1.90. The van der Waals surface area contributed by atoms with Crippen molar-refractivity contribution in [1.29, 1.82) is 0 Å². The van der Waals surface area contributed by atoms with Crippen LogP contribution in [0.4, 0.5) is 8.78 Å². The van der Waals surface area contributed by atoms with Gasteiger partial charge in [0.1, 0.15) is 27.7 Å². The van der Waals surface area contributed by atoms with Gasteiger partial charge in [0.15, 0.2) is 15.7 Å². The number of aromatic nitrogens is 1. The maximum Gasteiger partial charge on any atom is 0.255 e. The quantitative estimate of drug-likeness (QED) is 0.744. The number of amidine groups is 1. The molecule has 0 unspecified atom stereocenters. The molecule has 0 bridgehead atoms. The Morgan fingerprint density at radius 1 is 1.16 bits per heavy atom. The lowest BCUT2D eigenvalue weighted by molar-refractivity contribution is -0.0856. The number of pyridine rings is 1. The van der Waals surface area contributed by atoms with E-state index in [-0.39, 0.29) is 36.1 Å². The number of nitrogens with two attached hydrogens (primary N) is 1. The van der Waals surface area contributed by atoms with Crippen molar-refractivity contribution in [2.75, 3.05) is 6.61 Å². The molecule has 0 saturated carbocycles. The van der Waals surface area contributed by atoms with Gasteiger partial charge >= 0.3 is 0 Å². The van der Waals surface area contributed by atoms with Gasteiger partial charge in [0.25, 0.3) is 5.88 Å². The highest BCUT2D eigenvalue weighted by molar-refractivity contribution is 7.94. The molecule has 32 heavy (non-hydrogen) atoms. The molecule has 2 N–H and O–H groups in total. The Hall–Kier alpha value is -2.59. The normalized spacial score (nSPS) is 27.8. The lowest BCUT2D eigenvalue weighted by Crippen LogP contribution is -2.66. The molecule has 10 heteroatoms. The number of benzene rings is 1. The number of fused-ring (bicyclic) bond motifs is 1. The molecule has 0 spiro atoms. The third-order valence-electron chi connectivity index (χ3n) is 6.26. The van der Waals surface area contributed by atoms with E-state index in [1.54, 1.807) is 13.8 Å². The zero-order valence-corrected chi connectivity index (χ0v) is 19.0. The summed E-state index contributed by atoms with van der Waals surface area (Å²) in [6, 6.07) is 6.33. The van der Waals surface area contributed by atoms with E-state index in [0.29, 0.717) is 0 Å². The minimum absolute atomic E-state index is 0.0473. The number of nitrogens with zero attached hydrogens (tertiary/aromatic N) is 2. The Kier molecular flexibility index (Phi) is 5.09. The van der Waals surface area contributed by atoms with Gasteiger partial charge in [0.05, 0.1) is 17.5 Å².